The minimum atomic E-state index is 0.584. The van der Waals surface area contributed by atoms with E-state index in [4.69, 9.17) is 17.3 Å². The molecule has 1 aromatic heterocycles. The van der Waals surface area contributed by atoms with Gasteiger partial charge in [0.05, 0.1) is 21.4 Å². The first-order valence-corrected chi connectivity index (χ1v) is 5.09. The molecule has 0 aliphatic rings. The lowest BCUT2D eigenvalue weighted by Crippen LogP contribution is -1.96. The highest BCUT2D eigenvalue weighted by Crippen LogP contribution is 2.23. The van der Waals surface area contributed by atoms with Gasteiger partial charge in [-0.15, -0.1) is 0 Å². The van der Waals surface area contributed by atoms with Gasteiger partial charge < -0.3 is 5.73 Å². The molecule has 5 heteroatoms. The van der Waals surface area contributed by atoms with Gasteiger partial charge in [0.25, 0.3) is 0 Å². The number of rotatable bonds is 1. The van der Waals surface area contributed by atoms with Crippen molar-refractivity contribution in [2.45, 2.75) is 0 Å². The van der Waals surface area contributed by atoms with E-state index < -0.39 is 0 Å². The first-order chi connectivity index (χ1) is 6.66. The van der Waals surface area contributed by atoms with E-state index in [1.807, 2.05) is 12.3 Å². The van der Waals surface area contributed by atoms with Crippen LogP contribution in [-0.4, -0.2) is 9.78 Å². The number of nitrogens with zero attached hydrogens (tertiary/aromatic N) is 2. The van der Waals surface area contributed by atoms with E-state index in [1.165, 1.54) is 0 Å². The predicted octanol–water partition coefficient (Wildman–Crippen LogP) is 2.87. The molecule has 1 heterocycles. The highest BCUT2D eigenvalue weighted by molar-refractivity contribution is 9.10. The predicted molar refractivity (Wildman–Crippen MR) is 60.7 cm³/mol. The van der Waals surface area contributed by atoms with Gasteiger partial charge >= 0.3 is 0 Å². The molecule has 0 aliphatic carbocycles. The summed E-state index contributed by atoms with van der Waals surface area (Å²) in [5, 5.41) is 4.70. The molecule has 0 bridgehead atoms. The Labute approximate surface area is 94.6 Å². The zero-order valence-electron chi connectivity index (χ0n) is 7.11. The van der Waals surface area contributed by atoms with Gasteiger partial charge in [0.2, 0.25) is 0 Å². The molecule has 0 aliphatic heterocycles. The quantitative estimate of drug-likeness (QED) is 0.811. The van der Waals surface area contributed by atoms with Crippen molar-refractivity contribution in [3.63, 3.8) is 0 Å². The van der Waals surface area contributed by atoms with Crippen LogP contribution in [0.1, 0.15) is 0 Å². The number of benzene rings is 1. The summed E-state index contributed by atoms with van der Waals surface area (Å²) in [7, 11) is 0. The second-order valence-corrected chi connectivity index (χ2v) is 4.14. The first-order valence-electron chi connectivity index (χ1n) is 3.92. The lowest BCUT2D eigenvalue weighted by Gasteiger charge is -2.04. The largest absolute Gasteiger partial charge is 0.399 e. The second kappa shape index (κ2) is 3.63. The molecule has 2 aromatic rings. The number of anilines is 1. The summed E-state index contributed by atoms with van der Waals surface area (Å²) < 4.78 is 2.59. The number of hydrogen-bond acceptors (Lipinski definition) is 2. The Morgan fingerprint density at radius 2 is 2.21 bits per heavy atom. The van der Waals surface area contributed by atoms with Gasteiger partial charge in [0, 0.05) is 11.9 Å². The molecule has 0 atom stereocenters. The van der Waals surface area contributed by atoms with Crippen LogP contribution in [0.2, 0.25) is 5.02 Å². The lowest BCUT2D eigenvalue weighted by molar-refractivity contribution is 0.881. The van der Waals surface area contributed by atoms with Gasteiger partial charge in [-0.3, -0.25) is 0 Å². The van der Waals surface area contributed by atoms with Gasteiger partial charge in [0.1, 0.15) is 0 Å². The molecule has 14 heavy (non-hydrogen) atoms. The highest BCUT2D eigenvalue weighted by Gasteiger charge is 2.04. The van der Waals surface area contributed by atoms with Crippen molar-refractivity contribution < 1.29 is 0 Å². The van der Waals surface area contributed by atoms with Crippen LogP contribution in [0.15, 0.2) is 35.1 Å². The Morgan fingerprint density at radius 1 is 1.43 bits per heavy atom. The van der Waals surface area contributed by atoms with Crippen molar-refractivity contribution in [3.05, 3.63) is 40.1 Å². The van der Waals surface area contributed by atoms with Crippen LogP contribution in [0.25, 0.3) is 5.69 Å². The van der Waals surface area contributed by atoms with Crippen LogP contribution in [0.3, 0.4) is 0 Å². The average Bonchev–Trinajstić information content (AvgIpc) is 2.51. The maximum absolute atomic E-state index is 6.02. The van der Waals surface area contributed by atoms with E-state index in [2.05, 4.69) is 21.0 Å². The molecule has 0 saturated carbocycles. The van der Waals surface area contributed by atoms with Crippen LogP contribution in [-0.2, 0) is 0 Å². The summed E-state index contributed by atoms with van der Waals surface area (Å²) in [6.07, 6.45) is 3.53. The minimum absolute atomic E-state index is 0.584. The molecular weight excluding hydrogens is 265 g/mol. The minimum Gasteiger partial charge on any atom is -0.399 e. The number of hydrogen-bond donors (Lipinski definition) is 1. The fraction of sp³-hybridized carbons (Fsp3) is 0. The molecule has 0 radical (unpaired) electrons. The Kier molecular flexibility index (Phi) is 2.48. The van der Waals surface area contributed by atoms with Crippen LogP contribution < -0.4 is 5.73 Å². The number of nitrogen functional groups attached to an aromatic ring is 1. The van der Waals surface area contributed by atoms with Crippen molar-refractivity contribution >= 4 is 33.2 Å². The zero-order chi connectivity index (χ0) is 10.1. The number of nitrogens with two attached hydrogens (primary N) is 1. The monoisotopic (exact) mass is 271 g/mol. The first kappa shape index (κ1) is 9.55. The molecule has 1 aromatic carbocycles. The lowest BCUT2D eigenvalue weighted by atomic mass is 10.3. The van der Waals surface area contributed by atoms with E-state index in [0.717, 1.165) is 10.2 Å². The zero-order valence-corrected chi connectivity index (χ0v) is 9.46. The molecule has 0 saturated heterocycles. The van der Waals surface area contributed by atoms with Crippen LogP contribution in [0.4, 0.5) is 5.69 Å². The summed E-state index contributed by atoms with van der Waals surface area (Å²) in [5.41, 5.74) is 7.04. The fourth-order valence-electron chi connectivity index (χ4n) is 1.14. The maximum atomic E-state index is 6.02. The molecule has 2 rings (SSSR count). The number of aromatic nitrogens is 2. The molecule has 3 nitrogen and oxygen atoms in total. The van der Waals surface area contributed by atoms with Gasteiger partial charge in [-0.25, -0.2) is 4.68 Å². The van der Waals surface area contributed by atoms with E-state index in [1.54, 1.807) is 23.0 Å². The third-order valence-corrected chi connectivity index (χ3v) is 2.48. The fourth-order valence-corrected chi connectivity index (χ4v) is 1.70. The highest BCUT2D eigenvalue weighted by atomic mass is 79.9. The summed E-state index contributed by atoms with van der Waals surface area (Å²) >= 11 is 9.33. The Hall–Kier alpha value is -1.00. The molecule has 0 spiro atoms. The summed E-state index contributed by atoms with van der Waals surface area (Å²) in [5.74, 6) is 0. The topological polar surface area (TPSA) is 43.8 Å². The molecule has 72 valence electrons. The van der Waals surface area contributed by atoms with Gasteiger partial charge in [0.15, 0.2) is 0 Å². The van der Waals surface area contributed by atoms with Crippen molar-refractivity contribution in [2.24, 2.45) is 0 Å². The van der Waals surface area contributed by atoms with E-state index in [0.29, 0.717) is 10.7 Å². The SMILES string of the molecule is Nc1ccc(-n2cc(Br)cn2)c(Cl)c1. The summed E-state index contributed by atoms with van der Waals surface area (Å²) in [6.45, 7) is 0. The van der Waals surface area contributed by atoms with Crippen LogP contribution in [0.5, 0.6) is 0 Å². The van der Waals surface area contributed by atoms with Crippen LogP contribution >= 0.6 is 27.5 Å². The van der Waals surface area contributed by atoms with E-state index in [-0.39, 0.29) is 0 Å². The summed E-state index contributed by atoms with van der Waals surface area (Å²) in [4.78, 5) is 0. The molecule has 0 amide bonds. The van der Waals surface area contributed by atoms with Gasteiger partial charge in [-0.05, 0) is 34.1 Å². The maximum Gasteiger partial charge on any atom is 0.0833 e. The van der Waals surface area contributed by atoms with E-state index in [9.17, 15) is 0 Å². The average molecular weight is 273 g/mol. The smallest absolute Gasteiger partial charge is 0.0833 e. The van der Waals surface area contributed by atoms with Crippen molar-refractivity contribution in [3.8, 4) is 5.69 Å². The second-order valence-electron chi connectivity index (χ2n) is 2.81. The Morgan fingerprint density at radius 3 is 2.79 bits per heavy atom. The molecule has 2 N–H and O–H groups in total. The van der Waals surface area contributed by atoms with Gasteiger partial charge in [-0.1, -0.05) is 11.6 Å². The number of halogens is 2. The van der Waals surface area contributed by atoms with Crippen LogP contribution in [0, 0.1) is 0 Å². The molecular formula is C9H7BrClN3. The van der Waals surface area contributed by atoms with Gasteiger partial charge in [-0.2, -0.15) is 5.10 Å². The Balaban J connectivity index is 2.52. The van der Waals surface area contributed by atoms with Crippen molar-refractivity contribution in [1.29, 1.82) is 0 Å². The third-order valence-electron chi connectivity index (χ3n) is 1.77. The molecule has 0 unspecified atom stereocenters. The Bertz CT molecular complexity index is 467. The molecule has 0 fully saturated rings. The normalized spacial score (nSPS) is 10.4. The van der Waals surface area contributed by atoms with E-state index >= 15 is 0 Å². The van der Waals surface area contributed by atoms with Crippen molar-refractivity contribution in [1.82, 2.24) is 9.78 Å². The summed E-state index contributed by atoms with van der Waals surface area (Å²) in [6, 6.07) is 5.32. The third kappa shape index (κ3) is 1.76. The standard InChI is InChI=1S/C9H7BrClN3/c10-6-4-13-14(5-6)9-2-1-7(12)3-8(9)11/h1-5H,12H2. The van der Waals surface area contributed by atoms with Crippen molar-refractivity contribution in [2.75, 3.05) is 5.73 Å².